The Bertz CT molecular complexity index is 1180. The van der Waals surface area contributed by atoms with Gasteiger partial charge in [0.15, 0.2) is 0 Å². The van der Waals surface area contributed by atoms with Crippen LogP contribution in [0.4, 0.5) is 5.00 Å². The van der Waals surface area contributed by atoms with Gasteiger partial charge in [0.2, 0.25) is 11.8 Å². The minimum Gasteiger partial charge on any atom is -0.274 e. The van der Waals surface area contributed by atoms with Gasteiger partial charge in [-0.15, -0.1) is 11.3 Å². The average molecular weight is 445 g/mol. The molecule has 1 saturated heterocycles. The molecule has 1 aromatic heterocycles. The first-order chi connectivity index (χ1) is 15.3. The SMILES string of the molecule is CC(C)=C1[C@H]2CC[C@H]1[C@H]1C(=O)N(c3sc(C)c(-c4ccc(C(C)C)cc4)c3C#N)C(=O)[C@@H]12. The molecular formula is C27H28N2O2S. The molecule has 0 spiro atoms. The second-order valence-corrected chi connectivity index (χ2v) is 11.1. The second kappa shape index (κ2) is 7.42. The van der Waals surface area contributed by atoms with Crippen molar-refractivity contribution < 1.29 is 9.59 Å². The summed E-state index contributed by atoms with van der Waals surface area (Å²) in [5, 5.41) is 10.6. The third kappa shape index (κ3) is 2.79. The van der Waals surface area contributed by atoms with Gasteiger partial charge in [0, 0.05) is 10.4 Å². The molecule has 2 saturated carbocycles. The molecular weight excluding hydrogens is 416 g/mol. The van der Waals surface area contributed by atoms with Crippen molar-refractivity contribution >= 4 is 28.2 Å². The topological polar surface area (TPSA) is 61.2 Å². The van der Waals surface area contributed by atoms with Crippen LogP contribution in [-0.2, 0) is 9.59 Å². The Labute approximate surface area is 193 Å². The quantitative estimate of drug-likeness (QED) is 0.418. The summed E-state index contributed by atoms with van der Waals surface area (Å²) >= 11 is 1.39. The number of hydrogen-bond acceptors (Lipinski definition) is 4. The van der Waals surface area contributed by atoms with E-state index in [1.165, 1.54) is 32.9 Å². The highest BCUT2D eigenvalue weighted by Gasteiger charge is 2.64. The summed E-state index contributed by atoms with van der Waals surface area (Å²) in [4.78, 5) is 29.5. The maximum Gasteiger partial charge on any atom is 0.239 e. The van der Waals surface area contributed by atoms with Crippen LogP contribution in [0.2, 0.25) is 0 Å². The number of carbonyl (C=O) groups is 2. The summed E-state index contributed by atoms with van der Waals surface area (Å²) in [5.74, 6) is 0.0784. The fourth-order valence-electron chi connectivity index (χ4n) is 6.37. The Morgan fingerprint density at radius 1 is 1.06 bits per heavy atom. The lowest BCUT2D eigenvalue weighted by Crippen LogP contribution is -2.33. The molecule has 32 heavy (non-hydrogen) atoms. The summed E-state index contributed by atoms with van der Waals surface area (Å²) in [6.45, 7) is 10.5. The van der Waals surface area contributed by atoms with Gasteiger partial charge in [-0.05, 0) is 62.5 Å². The van der Waals surface area contributed by atoms with Crippen LogP contribution in [0, 0.1) is 41.9 Å². The lowest BCUT2D eigenvalue weighted by molar-refractivity contribution is -0.122. The molecule has 1 aromatic carbocycles. The van der Waals surface area contributed by atoms with Gasteiger partial charge in [0.05, 0.1) is 17.4 Å². The standard InChI is InChI=1S/C27H28N2O2S/c1-13(2)16-6-8-17(9-7-16)22-15(5)32-27(20(22)12-28)29-25(30)23-18-10-11-19(21(18)14(3)4)24(23)26(29)31/h6-9,13,18-19,23-24H,10-11H2,1-5H3/t18-,19-,23-,24-/m1/s1. The van der Waals surface area contributed by atoms with Crippen LogP contribution in [0.15, 0.2) is 35.4 Å². The van der Waals surface area contributed by atoms with Crippen LogP contribution in [0.3, 0.4) is 0 Å². The zero-order valence-electron chi connectivity index (χ0n) is 19.2. The molecule has 2 bridgehead atoms. The van der Waals surface area contributed by atoms with E-state index in [0.29, 0.717) is 16.5 Å². The maximum atomic E-state index is 13.6. The molecule has 2 aliphatic carbocycles. The maximum absolute atomic E-state index is 13.6. The zero-order valence-corrected chi connectivity index (χ0v) is 20.0. The Morgan fingerprint density at radius 2 is 1.62 bits per heavy atom. The van der Waals surface area contributed by atoms with E-state index in [9.17, 15) is 14.9 Å². The van der Waals surface area contributed by atoms with Crippen molar-refractivity contribution in [3.05, 3.63) is 51.4 Å². The first-order valence-corrected chi connectivity index (χ1v) is 12.3. The van der Waals surface area contributed by atoms with Gasteiger partial charge < -0.3 is 0 Å². The Morgan fingerprint density at radius 3 is 2.09 bits per heavy atom. The summed E-state index contributed by atoms with van der Waals surface area (Å²) in [5.41, 5.74) is 6.08. The van der Waals surface area contributed by atoms with Crippen LogP contribution in [0.1, 0.15) is 62.5 Å². The van der Waals surface area contributed by atoms with Crippen LogP contribution >= 0.6 is 11.3 Å². The molecule has 2 aromatic rings. The number of amides is 2. The van der Waals surface area contributed by atoms with Crippen LogP contribution in [0.25, 0.3) is 11.1 Å². The van der Waals surface area contributed by atoms with Gasteiger partial charge in [-0.25, -0.2) is 4.90 Å². The summed E-state index contributed by atoms with van der Waals surface area (Å²) in [6.07, 6.45) is 1.97. The predicted octanol–water partition coefficient (Wildman–Crippen LogP) is 6.20. The molecule has 3 fully saturated rings. The number of hydrogen-bond donors (Lipinski definition) is 0. The molecule has 5 rings (SSSR count). The van der Waals surface area contributed by atoms with Crippen LogP contribution in [-0.4, -0.2) is 11.8 Å². The number of aryl methyl sites for hydroxylation is 1. The molecule has 1 aliphatic heterocycles. The third-order valence-corrected chi connectivity index (χ3v) is 8.77. The number of fused-ring (bicyclic) bond motifs is 5. The zero-order chi connectivity index (χ0) is 22.9. The van der Waals surface area contributed by atoms with Crippen molar-refractivity contribution in [2.45, 2.75) is 53.4 Å². The van der Waals surface area contributed by atoms with Crippen LogP contribution < -0.4 is 4.90 Å². The van der Waals surface area contributed by atoms with Gasteiger partial charge in [0.1, 0.15) is 11.1 Å². The molecule has 164 valence electrons. The monoisotopic (exact) mass is 444 g/mol. The van der Waals surface area contributed by atoms with E-state index in [1.54, 1.807) is 0 Å². The third-order valence-electron chi connectivity index (χ3n) is 7.68. The molecule has 5 heteroatoms. The van der Waals surface area contributed by atoms with Gasteiger partial charge in [0.25, 0.3) is 0 Å². The summed E-state index contributed by atoms with van der Waals surface area (Å²) in [6, 6.07) is 10.6. The number of rotatable bonds is 3. The number of carbonyl (C=O) groups excluding carboxylic acids is 2. The lowest BCUT2D eigenvalue weighted by Gasteiger charge is -2.18. The normalized spacial score (nSPS) is 26.3. The fourth-order valence-corrected chi connectivity index (χ4v) is 7.50. The Kier molecular flexibility index (Phi) is 4.90. The van der Waals surface area contributed by atoms with E-state index in [4.69, 9.17) is 0 Å². The number of benzene rings is 1. The molecule has 0 unspecified atom stereocenters. The van der Waals surface area contributed by atoms with Crippen molar-refractivity contribution in [1.29, 1.82) is 5.26 Å². The Hall–Kier alpha value is -2.71. The van der Waals surface area contributed by atoms with Crippen molar-refractivity contribution in [2.24, 2.45) is 23.7 Å². The molecule has 4 nitrogen and oxygen atoms in total. The van der Waals surface area contributed by atoms with E-state index >= 15 is 0 Å². The summed E-state index contributed by atoms with van der Waals surface area (Å²) in [7, 11) is 0. The van der Waals surface area contributed by atoms with Gasteiger partial charge >= 0.3 is 0 Å². The molecule has 4 atom stereocenters. The van der Waals surface area contributed by atoms with Crippen LogP contribution in [0.5, 0.6) is 0 Å². The number of anilines is 1. The number of nitrogens with zero attached hydrogens (tertiary/aromatic N) is 2. The van der Waals surface area contributed by atoms with Crippen molar-refractivity contribution in [2.75, 3.05) is 4.90 Å². The van der Waals surface area contributed by atoms with E-state index in [2.05, 4.69) is 45.9 Å². The number of imide groups is 1. The van der Waals surface area contributed by atoms with Gasteiger partial charge in [-0.1, -0.05) is 49.3 Å². The Balaban J connectivity index is 1.57. The van der Waals surface area contributed by atoms with Gasteiger partial charge in [-0.3, -0.25) is 9.59 Å². The fraction of sp³-hybridized carbons (Fsp3) is 0.444. The second-order valence-electron chi connectivity index (χ2n) is 9.91. The minimum absolute atomic E-state index is 0.106. The number of thiophene rings is 1. The molecule has 3 aliphatic rings. The lowest BCUT2D eigenvalue weighted by atomic mass is 9.81. The van der Waals surface area contributed by atoms with E-state index in [0.717, 1.165) is 28.8 Å². The predicted molar refractivity (Wildman–Crippen MR) is 127 cm³/mol. The first-order valence-electron chi connectivity index (χ1n) is 11.4. The summed E-state index contributed by atoms with van der Waals surface area (Å²) < 4.78 is 0. The smallest absolute Gasteiger partial charge is 0.239 e. The highest BCUT2D eigenvalue weighted by Crippen LogP contribution is 2.61. The minimum atomic E-state index is -0.256. The largest absolute Gasteiger partial charge is 0.274 e. The molecule has 2 heterocycles. The first kappa shape index (κ1) is 21.2. The van der Waals surface area contributed by atoms with Crippen molar-refractivity contribution in [1.82, 2.24) is 0 Å². The highest BCUT2D eigenvalue weighted by atomic mass is 32.1. The molecule has 2 amide bonds. The van der Waals surface area contributed by atoms with Crippen molar-refractivity contribution in [3.63, 3.8) is 0 Å². The van der Waals surface area contributed by atoms with Gasteiger partial charge in [-0.2, -0.15) is 5.26 Å². The molecule has 0 N–H and O–H groups in total. The van der Waals surface area contributed by atoms with E-state index in [1.807, 2.05) is 19.1 Å². The van der Waals surface area contributed by atoms with E-state index < -0.39 is 0 Å². The highest BCUT2D eigenvalue weighted by molar-refractivity contribution is 7.17. The number of nitriles is 1. The van der Waals surface area contributed by atoms with E-state index in [-0.39, 0.29) is 35.5 Å². The van der Waals surface area contributed by atoms with Crippen molar-refractivity contribution in [3.8, 4) is 17.2 Å². The molecule has 0 radical (unpaired) electrons. The average Bonchev–Trinajstić information content (AvgIpc) is 3.47. The number of allylic oxidation sites excluding steroid dienone is 2.